The molecule has 5 nitrogen and oxygen atoms in total. The molecule has 0 aliphatic carbocycles. The number of hydrogen-bond donors (Lipinski definition) is 1. The van der Waals surface area contributed by atoms with E-state index in [0.717, 1.165) is 23.0 Å². The zero-order valence-electron chi connectivity index (χ0n) is 10.2. The second-order valence-corrected chi connectivity index (χ2v) is 5.76. The summed E-state index contributed by atoms with van der Waals surface area (Å²) in [6.45, 7) is 0.813. The van der Waals surface area contributed by atoms with Gasteiger partial charge in [0.15, 0.2) is 5.82 Å². The number of aromatic hydroxyl groups is 1. The van der Waals surface area contributed by atoms with Crippen LogP contribution in [0.1, 0.15) is 18.7 Å². The molecule has 19 heavy (non-hydrogen) atoms. The molecule has 2 aromatic rings. The van der Waals surface area contributed by atoms with Crippen LogP contribution in [0.2, 0.25) is 0 Å². The number of phenolic OH excluding ortho intramolecular Hbond substituents is 1. The van der Waals surface area contributed by atoms with Crippen molar-refractivity contribution in [2.24, 2.45) is 0 Å². The lowest BCUT2D eigenvalue weighted by Gasteiger charge is -2.04. The molecule has 1 aliphatic rings. The van der Waals surface area contributed by atoms with Crippen LogP contribution < -0.4 is 0 Å². The van der Waals surface area contributed by atoms with Gasteiger partial charge in [-0.1, -0.05) is 5.16 Å². The molecule has 1 aliphatic heterocycles. The van der Waals surface area contributed by atoms with E-state index < -0.39 is 0 Å². The topological polar surface area (TPSA) is 68.4 Å². The highest BCUT2D eigenvalue weighted by molar-refractivity contribution is 14.1. The summed E-state index contributed by atoms with van der Waals surface area (Å²) in [5.41, 5.74) is 0.568. The molecule has 1 fully saturated rings. The number of benzene rings is 1. The van der Waals surface area contributed by atoms with E-state index in [0.29, 0.717) is 23.7 Å². The van der Waals surface area contributed by atoms with Gasteiger partial charge in [0.2, 0.25) is 0 Å². The van der Waals surface area contributed by atoms with Crippen molar-refractivity contribution in [3.05, 3.63) is 27.6 Å². The Balaban J connectivity index is 1.82. The van der Waals surface area contributed by atoms with Gasteiger partial charge >= 0.3 is 0 Å². The van der Waals surface area contributed by atoms with Crippen LogP contribution >= 0.6 is 22.6 Å². The molecule has 2 heterocycles. The maximum Gasteiger partial charge on any atom is 0.261 e. The van der Waals surface area contributed by atoms with Gasteiger partial charge in [-0.05, 0) is 53.6 Å². The van der Waals surface area contributed by atoms with Crippen LogP contribution in [0.15, 0.2) is 22.7 Å². The van der Waals surface area contributed by atoms with E-state index in [9.17, 15) is 5.11 Å². The predicted molar refractivity (Wildman–Crippen MR) is 76.8 cm³/mol. The highest BCUT2D eigenvalue weighted by atomic mass is 127. The first-order valence-corrected chi connectivity index (χ1v) is 7.23. The van der Waals surface area contributed by atoms with Crippen LogP contribution in [0.25, 0.3) is 11.5 Å². The molecule has 0 amide bonds. The van der Waals surface area contributed by atoms with Crippen LogP contribution in [0.3, 0.4) is 0 Å². The lowest BCUT2D eigenvalue weighted by atomic mass is 10.2. The first-order valence-electron chi connectivity index (χ1n) is 6.15. The van der Waals surface area contributed by atoms with E-state index in [1.807, 2.05) is 12.1 Å². The van der Waals surface area contributed by atoms with Gasteiger partial charge in [0.1, 0.15) is 5.75 Å². The molecule has 0 radical (unpaired) electrons. The van der Waals surface area contributed by atoms with E-state index in [4.69, 9.17) is 9.26 Å². The first kappa shape index (κ1) is 12.9. The summed E-state index contributed by atoms with van der Waals surface area (Å²) in [6.07, 6.45) is 2.98. The maximum absolute atomic E-state index is 9.83. The molecule has 100 valence electrons. The Morgan fingerprint density at radius 1 is 1.42 bits per heavy atom. The summed E-state index contributed by atoms with van der Waals surface area (Å²) in [6, 6.07) is 5.27. The van der Waals surface area contributed by atoms with Crippen molar-refractivity contribution in [1.29, 1.82) is 0 Å². The van der Waals surface area contributed by atoms with E-state index in [2.05, 4.69) is 32.7 Å². The number of nitrogens with zero attached hydrogens (tertiary/aromatic N) is 2. The van der Waals surface area contributed by atoms with Crippen molar-refractivity contribution in [3.63, 3.8) is 0 Å². The molecule has 3 rings (SSSR count). The molecule has 1 saturated heterocycles. The van der Waals surface area contributed by atoms with Crippen molar-refractivity contribution < 1.29 is 14.4 Å². The molecule has 6 heteroatoms. The van der Waals surface area contributed by atoms with Crippen LogP contribution in [0, 0.1) is 3.57 Å². The lowest BCUT2D eigenvalue weighted by molar-refractivity contribution is 0.109. The van der Waals surface area contributed by atoms with Gasteiger partial charge in [-0.2, -0.15) is 4.98 Å². The second-order valence-electron chi connectivity index (χ2n) is 4.52. The molecular formula is C13H13IN2O3. The van der Waals surface area contributed by atoms with Crippen LogP contribution in [0.5, 0.6) is 5.75 Å². The number of halogens is 1. The van der Waals surface area contributed by atoms with Gasteiger partial charge in [0.05, 0.1) is 11.7 Å². The van der Waals surface area contributed by atoms with Crippen molar-refractivity contribution in [1.82, 2.24) is 10.1 Å². The fourth-order valence-electron chi connectivity index (χ4n) is 2.13. The summed E-state index contributed by atoms with van der Waals surface area (Å²) in [7, 11) is 0. The lowest BCUT2D eigenvalue weighted by Crippen LogP contribution is -2.09. The minimum absolute atomic E-state index is 0.146. The highest BCUT2D eigenvalue weighted by Crippen LogP contribution is 2.29. The van der Waals surface area contributed by atoms with Gasteiger partial charge in [-0.15, -0.1) is 0 Å². The molecule has 0 bridgehead atoms. The van der Waals surface area contributed by atoms with Crippen molar-refractivity contribution in [3.8, 4) is 17.2 Å². The Morgan fingerprint density at radius 3 is 3.11 bits per heavy atom. The summed E-state index contributed by atoms with van der Waals surface area (Å²) in [5, 5.41) is 13.8. The number of phenols is 1. The average Bonchev–Trinajstić information content (AvgIpc) is 3.04. The van der Waals surface area contributed by atoms with Gasteiger partial charge in [-0.25, -0.2) is 0 Å². The fraction of sp³-hybridized carbons (Fsp3) is 0.385. The van der Waals surface area contributed by atoms with Crippen molar-refractivity contribution in [2.75, 3.05) is 6.61 Å². The minimum atomic E-state index is 0.146. The number of ether oxygens (including phenoxy) is 1. The normalized spacial score (nSPS) is 18.9. The Hall–Kier alpha value is -1.15. The monoisotopic (exact) mass is 372 g/mol. The number of hydrogen-bond acceptors (Lipinski definition) is 5. The van der Waals surface area contributed by atoms with Gasteiger partial charge in [-0.3, -0.25) is 0 Å². The quantitative estimate of drug-likeness (QED) is 0.840. The van der Waals surface area contributed by atoms with Crippen molar-refractivity contribution >= 4 is 22.6 Å². The van der Waals surface area contributed by atoms with Gasteiger partial charge < -0.3 is 14.4 Å². The van der Waals surface area contributed by atoms with Crippen LogP contribution in [-0.2, 0) is 11.2 Å². The largest absolute Gasteiger partial charge is 0.507 e. The Morgan fingerprint density at radius 2 is 2.32 bits per heavy atom. The third kappa shape index (κ3) is 2.89. The third-order valence-electron chi connectivity index (χ3n) is 3.09. The van der Waals surface area contributed by atoms with E-state index in [1.165, 1.54) is 0 Å². The maximum atomic E-state index is 9.83. The zero-order valence-corrected chi connectivity index (χ0v) is 12.3. The molecular weight excluding hydrogens is 359 g/mol. The number of rotatable bonds is 3. The van der Waals surface area contributed by atoms with E-state index in [1.54, 1.807) is 6.07 Å². The SMILES string of the molecule is Oc1ccc(I)cc1-c1nc(CC2CCCO2)no1. The fourth-order valence-corrected chi connectivity index (χ4v) is 2.63. The molecule has 1 unspecified atom stereocenters. The summed E-state index contributed by atoms with van der Waals surface area (Å²) >= 11 is 2.17. The first-order chi connectivity index (χ1) is 9.22. The Labute approximate surface area is 124 Å². The zero-order chi connectivity index (χ0) is 13.2. The molecule has 0 spiro atoms. The molecule has 1 aromatic carbocycles. The molecule has 0 saturated carbocycles. The highest BCUT2D eigenvalue weighted by Gasteiger charge is 2.20. The van der Waals surface area contributed by atoms with Gasteiger partial charge in [0, 0.05) is 16.6 Å². The van der Waals surface area contributed by atoms with Crippen molar-refractivity contribution in [2.45, 2.75) is 25.4 Å². The third-order valence-corrected chi connectivity index (χ3v) is 3.76. The summed E-state index contributed by atoms with van der Waals surface area (Å²) in [4.78, 5) is 4.32. The van der Waals surface area contributed by atoms with Crippen LogP contribution in [-0.4, -0.2) is 28.0 Å². The Kier molecular flexibility index (Phi) is 3.69. The Bertz CT molecular complexity index is 579. The van der Waals surface area contributed by atoms with Crippen LogP contribution in [0.4, 0.5) is 0 Å². The molecule has 1 aromatic heterocycles. The average molecular weight is 372 g/mol. The predicted octanol–water partition coefficient (Wildman–Crippen LogP) is 2.77. The van der Waals surface area contributed by atoms with E-state index >= 15 is 0 Å². The second kappa shape index (κ2) is 5.46. The summed E-state index contributed by atoms with van der Waals surface area (Å²) < 4.78 is 11.8. The van der Waals surface area contributed by atoms with Gasteiger partial charge in [0.25, 0.3) is 5.89 Å². The van der Waals surface area contributed by atoms with E-state index in [-0.39, 0.29) is 11.9 Å². The standard InChI is InChI=1S/C13H13IN2O3/c14-8-3-4-11(17)10(6-8)13-15-12(16-19-13)7-9-2-1-5-18-9/h3-4,6,9,17H,1-2,5,7H2. The smallest absolute Gasteiger partial charge is 0.261 e. The minimum Gasteiger partial charge on any atom is -0.507 e. The number of aromatic nitrogens is 2. The summed E-state index contributed by atoms with van der Waals surface area (Å²) in [5.74, 6) is 1.12. The molecule has 1 atom stereocenters. The molecule has 1 N–H and O–H groups in total.